The molecule has 1 heterocycles. The van der Waals surface area contributed by atoms with Crippen molar-refractivity contribution in [3.8, 4) is 0 Å². The maximum atomic E-state index is 11.1. The number of benzene rings is 1. The van der Waals surface area contributed by atoms with Crippen LogP contribution in [0.15, 0.2) is 42.7 Å². The maximum absolute atomic E-state index is 11.1. The topological polar surface area (TPSA) is 105 Å². The lowest BCUT2D eigenvalue weighted by Crippen LogP contribution is -2.03. The van der Waals surface area contributed by atoms with Crippen LogP contribution < -0.4 is 5.32 Å². The van der Waals surface area contributed by atoms with Crippen LogP contribution in [0.4, 0.5) is 17.1 Å². The molecular formula is C12H9N3O4. The Labute approximate surface area is 107 Å². The first-order chi connectivity index (χ1) is 9.08. The average Bonchev–Trinajstić information content (AvgIpc) is 2.39. The van der Waals surface area contributed by atoms with Gasteiger partial charge < -0.3 is 10.4 Å². The number of carbonyl (C=O) groups is 1. The van der Waals surface area contributed by atoms with Crippen molar-refractivity contribution in [2.24, 2.45) is 0 Å². The van der Waals surface area contributed by atoms with Crippen molar-refractivity contribution in [1.29, 1.82) is 0 Å². The van der Waals surface area contributed by atoms with Crippen molar-refractivity contribution in [2.45, 2.75) is 0 Å². The van der Waals surface area contributed by atoms with Gasteiger partial charge >= 0.3 is 5.97 Å². The fourth-order valence-corrected chi connectivity index (χ4v) is 1.53. The summed E-state index contributed by atoms with van der Waals surface area (Å²) < 4.78 is 0. The minimum absolute atomic E-state index is 0.0468. The Hall–Kier alpha value is -2.96. The number of nitrogens with zero attached hydrogens (tertiary/aromatic N) is 2. The van der Waals surface area contributed by atoms with E-state index in [9.17, 15) is 14.9 Å². The predicted molar refractivity (Wildman–Crippen MR) is 67.6 cm³/mol. The van der Waals surface area contributed by atoms with Gasteiger partial charge in [-0.05, 0) is 18.2 Å². The second-order valence-electron chi connectivity index (χ2n) is 3.66. The summed E-state index contributed by atoms with van der Waals surface area (Å²) in [5.74, 6) is -1.17. The zero-order valence-electron chi connectivity index (χ0n) is 9.61. The molecule has 0 spiro atoms. The number of hydrogen-bond acceptors (Lipinski definition) is 5. The summed E-state index contributed by atoms with van der Waals surface area (Å²) in [7, 11) is 0. The normalized spacial score (nSPS) is 9.89. The number of aromatic nitrogens is 1. The van der Waals surface area contributed by atoms with Gasteiger partial charge in [-0.2, -0.15) is 0 Å². The molecule has 0 aliphatic rings. The Morgan fingerprint density at radius 2 is 2.16 bits per heavy atom. The first-order valence-corrected chi connectivity index (χ1v) is 5.26. The van der Waals surface area contributed by atoms with E-state index in [0.29, 0.717) is 5.69 Å². The summed E-state index contributed by atoms with van der Waals surface area (Å²) in [5.41, 5.74) is 0.464. The number of pyridine rings is 1. The van der Waals surface area contributed by atoms with Crippen LogP contribution in [-0.4, -0.2) is 21.0 Å². The third-order valence-corrected chi connectivity index (χ3v) is 2.38. The van der Waals surface area contributed by atoms with E-state index in [4.69, 9.17) is 5.11 Å². The summed E-state index contributed by atoms with van der Waals surface area (Å²) in [5, 5.41) is 22.6. The quantitative estimate of drug-likeness (QED) is 0.645. The van der Waals surface area contributed by atoms with E-state index in [1.54, 1.807) is 18.3 Å². The summed E-state index contributed by atoms with van der Waals surface area (Å²) in [6.45, 7) is 0. The number of anilines is 2. The molecule has 0 amide bonds. The molecule has 0 aliphatic carbocycles. The molecule has 7 nitrogen and oxygen atoms in total. The summed E-state index contributed by atoms with van der Waals surface area (Å²) >= 11 is 0. The van der Waals surface area contributed by atoms with E-state index >= 15 is 0 Å². The SMILES string of the molecule is O=C(O)c1ccc([N+](=O)[O-])cc1Nc1cccnc1. The van der Waals surface area contributed by atoms with Gasteiger partial charge in [0, 0.05) is 18.3 Å². The third kappa shape index (κ3) is 2.83. The molecule has 0 bridgehead atoms. The van der Waals surface area contributed by atoms with Crippen LogP contribution in [0.1, 0.15) is 10.4 Å². The Morgan fingerprint density at radius 1 is 1.37 bits per heavy atom. The molecule has 0 saturated carbocycles. The number of hydrogen-bond donors (Lipinski definition) is 2. The molecule has 1 aromatic heterocycles. The minimum atomic E-state index is -1.17. The lowest BCUT2D eigenvalue weighted by Gasteiger charge is -2.08. The van der Waals surface area contributed by atoms with E-state index in [0.717, 1.165) is 6.07 Å². The molecule has 2 N–H and O–H groups in total. The Kier molecular flexibility index (Phi) is 3.37. The lowest BCUT2D eigenvalue weighted by molar-refractivity contribution is -0.384. The number of nitrogens with one attached hydrogen (secondary N) is 1. The number of nitro groups is 1. The van der Waals surface area contributed by atoms with Gasteiger partial charge in [0.1, 0.15) is 0 Å². The van der Waals surface area contributed by atoms with Crippen LogP contribution in [0.3, 0.4) is 0 Å². The minimum Gasteiger partial charge on any atom is -0.478 e. The number of carboxylic acid groups (broad SMARTS) is 1. The van der Waals surface area contributed by atoms with Crippen LogP contribution in [0, 0.1) is 10.1 Å². The number of non-ortho nitro benzene ring substituents is 1. The van der Waals surface area contributed by atoms with Crippen molar-refractivity contribution in [3.05, 3.63) is 58.4 Å². The highest BCUT2D eigenvalue weighted by Crippen LogP contribution is 2.25. The first-order valence-electron chi connectivity index (χ1n) is 5.26. The van der Waals surface area contributed by atoms with Crippen LogP contribution in [0.2, 0.25) is 0 Å². The molecule has 2 rings (SSSR count). The van der Waals surface area contributed by atoms with Crippen LogP contribution in [-0.2, 0) is 0 Å². The van der Waals surface area contributed by atoms with E-state index in [1.165, 1.54) is 18.3 Å². The zero-order valence-corrected chi connectivity index (χ0v) is 9.61. The second-order valence-corrected chi connectivity index (χ2v) is 3.66. The molecular weight excluding hydrogens is 250 g/mol. The Balaban J connectivity index is 2.43. The molecule has 0 atom stereocenters. The number of aromatic carboxylic acids is 1. The average molecular weight is 259 g/mol. The molecule has 0 fully saturated rings. The van der Waals surface area contributed by atoms with E-state index in [1.807, 2.05) is 0 Å². The van der Waals surface area contributed by atoms with Gasteiger partial charge in [0.05, 0.1) is 28.1 Å². The van der Waals surface area contributed by atoms with Gasteiger partial charge in [-0.15, -0.1) is 0 Å². The van der Waals surface area contributed by atoms with E-state index < -0.39 is 10.9 Å². The molecule has 7 heteroatoms. The first kappa shape index (κ1) is 12.5. The second kappa shape index (κ2) is 5.13. The lowest BCUT2D eigenvalue weighted by atomic mass is 10.1. The maximum Gasteiger partial charge on any atom is 0.337 e. The summed E-state index contributed by atoms with van der Waals surface area (Å²) in [4.78, 5) is 25.1. The summed E-state index contributed by atoms with van der Waals surface area (Å²) in [6, 6.07) is 6.87. The van der Waals surface area contributed by atoms with E-state index in [-0.39, 0.29) is 16.9 Å². The molecule has 19 heavy (non-hydrogen) atoms. The van der Waals surface area contributed by atoms with Gasteiger partial charge in [0.25, 0.3) is 5.69 Å². The highest BCUT2D eigenvalue weighted by Gasteiger charge is 2.15. The van der Waals surface area contributed by atoms with Gasteiger partial charge in [0.2, 0.25) is 0 Å². The number of rotatable bonds is 4. The van der Waals surface area contributed by atoms with Crippen molar-refractivity contribution in [2.75, 3.05) is 5.32 Å². The fraction of sp³-hybridized carbons (Fsp3) is 0. The van der Waals surface area contributed by atoms with Gasteiger partial charge in [0.15, 0.2) is 0 Å². The zero-order chi connectivity index (χ0) is 13.8. The fourth-order valence-electron chi connectivity index (χ4n) is 1.53. The Bertz CT molecular complexity index is 628. The summed E-state index contributed by atoms with van der Waals surface area (Å²) in [6.07, 6.45) is 3.06. The van der Waals surface area contributed by atoms with Crippen LogP contribution >= 0.6 is 0 Å². The number of nitro benzene ring substituents is 1. The van der Waals surface area contributed by atoms with Gasteiger partial charge in [-0.3, -0.25) is 15.1 Å². The van der Waals surface area contributed by atoms with Crippen molar-refractivity contribution in [3.63, 3.8) is 0 Å². The van der Waals surface area contributed by atoms with Crippen molar-refractivity contribution in [1.82, 2.24) is 4.98 Å². The molecule has 2 aromatic rings. The third-order valence-electron chi connectivity index (χ3n) is 2.38. The van der Waals surface area contributed by atoms with Gasteiger partial charge in [-0.1, -0.05) is 0 Å². The molecule has 96 valence electrons. The Morgan fingerprint density at radius 3 is 2.74 bits per heavy atom. The highest BCUT2D eigenvalue weighted by molar-refractivity contribution is 5.95. The predicted octanol–water partition coefficient (Wildman–Crippen LogP) is 2.43. The van der Waals surface area contributed by atoms with Gasteiger partial charge in [-0.25, -0.2) is 4.79 Å². The standard InChI is InChI=1S/C12H9N3O4/c16-12(17)10-4-3-9(15(18)19)6-11(10)14-8-2-1-5-13-7-8/h1-7,14H,(H,16,17). The molecule has 1 aromatic carbocycles. The molecule has 0 unspecified atom stereocenters. The monoisotopic (exact) mass is 259 g/mol. The molecule has 0 saturated heterocycles. The highest BCUT2D eigenvalue weighted by atomic mass is 16.6. The largest absolute Gasteiger partial charge is 0.478 e. The molecule has 0 radical (unpaired) electrons. The van der Waals surface area contributed by atoms with Crippen molar-refractivity contribution >= 4 is 23.0 Å². The molecule has 0 aliphatic heterocycles. The number of carboxylic acids is 1. The smallest absolute Gasteiger partial charge is 0.337 e. The van der Waals surface area contributed by atoms with E-state index in [2.05, 4.69) is 10.3 Å². The van der Waals surface area contributed by atoms with Crippen LogP contribution in [0.5, 0.6) is 0 Å². The van der Waals surface area contributed by atoms with Crippen molar-refractivity contribution < 1.29 is 14.8 Å². The van der Waals surface area contributed by atoms with Crippen LogP contribution in [0.25, 0.3) is 0 Å².